The number of hydrogen-bond acceptors (Lipinski definition) is 4. The predicted molar refractivity (Wildman–Crippen MR) is 98.9 cm³/mol. The fourth-order valence-corrected chi connectivity index (χ4v) is 3.45. The lowest BCUT2D eigenvalue weighted by Crippen LogP contribution is -2.16. The number of carbonyl (C=O) groups excluding carboxylic acids is 2. The first kappa shape index (κ1) is 18.0. The largest absolute Gasteiger partial charge is 0.507 e. The van der Waals surface area contributed by atoms with Crippen molar-refractivity contribution in [1.29, 1.82) is 0 Å². The maximum Gasteiger partial charge on any atom is 0.311 e. The number of carbonyl (C=O) groups is 2. The molecule has 1 saturated carbocycles. The summed E-state index contributed by atoms with van der Waals surface area (Å²) in [6.45, 7) is 0. The SMILES string of the molecule is NC(=O)c1cccc(-c2cc(OC(=O)CC3CCCCC3)ccc2O)c1. The normalized spacial score (nSPS) is 14.8. The van der Waals surface area contributed by atoms with Crippen LogP contribution in [-0.2, 0) is 4.79 Å². The molecule has 3 N–H and O–H groups in total. The third-order valence-electron chi connectivity index (χ3n) is 4.84. The second-order valence-electron chi connectivity index (χ2n) is 6.81. The molecule has 0 radical (unpaired) electrons. The quantitative estimate of drug-likeness (QED) is 0.627. The van der Waals surface area contributed by atoms with E-state index in [9.17, 15) is 14.7 Å². The Labute approximate surface area is 152 Å². The van der Waals surface area contributed by atoms with Crippen molar-refractivity contribution in [3.63, 3.8) is 0 Å². The summed E-state index contributed by atoms with van der Waals surface area (Å²) < 4.78 is 5.47. The van der Waals surface area contributed by atoms with Gasteiger partial charge in [0.25, 0.3) is 0 Å². The zero-order chi connectivity index (χ0) is 18.5. The fraction of sp³-hybridized carbons (Fsp3) is 0.333. The molecular weight excluding hydrogens is 330 g/mol. The first-order chi connectivity index (χ1) is 12.5. The molecule has 26 heavy (non-hydrogen) atoms. The number of amides is 1. The molecule has 0 saturated heterocycles. The van der Waals surface area contributed by atoms with E-state index < -0.39 is 5.91 Å². The minimum absolute atomic E-state index is 0.0405. The van der Waals surface area contributed by atoms with Gasteiger partial charge in [-0.1, -0.05) is 31.4 Å². The molecular formula is C21H23NO4. The predicted octanol–water partition coefficient (Wildman–Crippen LogP) is 4.03. The Balaban J connectivity index is 1.76. The molecule has 1 aliphatic carbocycles. The number of aromatic hydroxyl groups is 1. The highest BCUT2D eigenvalue weighted by Crippen LogP contribution is 2.33. The summed E-state index contributed by atoms with van der Waals surface area (Å²) in [6, 6.07) is 11.3. The molecule has 0 aromatic heterocycles. The van der Waals surface area contributed by atoms with E-state index in [1.54, 1.807) is 36.4 Å². The van der Waals surface area contributed by atoms with E-state index in [0.29, 0.717) is 34.8 Å². The average molecular weight is 353 g/mol. The van der Waals surface area contributed by atoms with Crippen molar-refractivity contribution in [3.05, 3.63) is 48.0 Å². The zero-order valence-electron chi connectivity index (χ0n) is 14.6. The van der Waals surface area contributed by atoms with Crippen LogP contribution in [0.4, 0.5) is 0 Å². The number of phenols is 1. The summed E-state index contributed by atoms with van der Waals surface area (Å²) in [5, 5.41) is 10.2. The summed E-state index contributed by atoms with van der Waals surface area (Å²) in [5.41, 5.74) is 6.77. The fourth-order valence-electron chi connectivity index (χ4n) is 3.45. The van der Waals surface area contributed by atoms with Gasteiger partial charge in [-0.3, -0.25) is 9.59 Å². The molecule has 5 nitrogen and oxygen atoms in total. The van der Waals surface area contributed by atoms with Crippen molar-refractivity contribution in [2.45, 2.75) is 38.5 Å². The zero-order valence-corrected chi connectivity index (χ0v) is 14.6. The molecule has 2 aromatic carbocycles. The Morgan fingerprint density at radius 3 is 2.58 bits per heavy atom. The lowest BCUT2D eigenvalue weighted by atomic mass is 9.87. The van der Waals surface area contributed by atoms with E-state index in [0.717, 1.165) is 12.8 Å². The van der Waals surface area contributed by atoms with Crippen LogP contribution < -0.4 is 10.5 Å². The summed E-state index contributed by atoms with van der Waals surface area (Å²) in [4.78, 5) is 23.6. The molecule has 1 fully saturated rings. The average Bonchev–Trinajstić information content (AvgIpc) is 2.64. The highest BCUT2D eigenvalue weighted by Gasteiger charge is 2.19. The number of benzene rings is 2. The number of ether oxygens (including phenoxy) is 1. The molecule has 0 atom stereocenters. The first-order valence-electron chi connectivity index (χ1n) is 8.97. The molecule has 1 aliphatic rings. The number of phenolic OH excluding ortho intramolecular Hbond substituents is 1. The van der Waals surface area contributed by atoms with Crippen molar-refractivity contribution in [3.8, 4) is 22.6 Å². The van der Waals surface area contributed by atoms with Crippen LogP contribution >= 0.6 is 0 Å². The smallest absolute Gasteiger partial charge is 0.311 e. The van der Waals surface area contributed by atoms with Crippen molar-refractivity contribution < 1.29 is 19.4 Å². The van der Waals surface area contributed by atoms with Gasteiger partial charge in [0.05, 0.1) is 0 Å². The second kappa shape index (κ2) is 8.04. The van der Waals surface area contributed by atoms with Gasteiger partial charge in [-0.2, -0.15) is 0 Å². The maximum atomic E-state index is 12.2. The van der Waals surface area contributed by atoms with E-state index in [2.05, 4.69) is 0 Å². The third kappa shape index (κ3) is 4.42. The number of rotatable bonds is 5. The Bertz CT molecular complexity index is 809. The molecule has 3 rings (SSSR count). The van der Waals surface area contributed by atoms with Crippen LogP contribution in [-0.4, -0.2) is 17.0 Å². The van der Waals surface area contributed by atoms with Gasteiger partial charge in [0.15, 0.2) is 0 Å². The molecule has 0 heterocycles. The summed E-state index contributed by atoms with van der Waals surface area (Å²) in [6.07, 6.45) is 6.19. The van der Waals surface area contributed by atoms with Gasteiger partial charge in [0.2, 0.25) is 5.91 Å². The summed E-state index contributed by atoms with van der Waals surface area (Å²) in [5.74, 6) is 0.0303. The second-order valence-corrected chi connectivity index (χ2v) is 6.81. The standard InChI is InChI=1S/C21H23NO4/c22-21(25)16-8-4-7-15(12-16)18-13-17(9-10-19(18)23)26-20(24)11-14-5-2-1-3-6-14/h4,7-10,12-14,23H,1-3,5-6,11H2,(H2,22,25). The van der Waals surface area contributed by atoms with E-state index in [1.807, 2.05) is 0 Å². The van der Waals surface area contributed by atoms with Crippen LogP contribution in [0, 0.1) is 5.92 Å². The van der Waals surface area contributed by atoms with Crippen LogP contribution in [0.5, 0.6) is 11.5 Å². The summed E-state index contributed by atoms with van der Waals surface area (Å²) >= 11 is 0. The van der Waals surface area contributed by atoms with Gasteiger partial charge >= 0.3 is 5.97 Å². The van der Waals surface area contributed by atoms with E-state index in [-0.39, 0.29) is 11.7 Å². The Morgan fingerprint density at radius 1 is 1.08 bits per heavy atom. The van der Waals surface area contributed by atoms with Crippen LogP contribution in [0.25, 0.3) is 11.1 Å². The topological polar surface area (TPSA) is 89.6 Å². The van der Waals surface area contributed by atoms with Crippen LogP contribution in [0.15, 0.2) is 42.5 Å². The van der Waals surface area contributed by atoms with Gasteiger partial charge in [-0.25, -0.2) is 0 Å². The van der Waals surface area contributed by atoms with Crippen molar-refractivity contribution in [2.75, 3.05) is 0 Å². The van der Waals surface area contributed by atoms with Gasteiger partial charge < -0.3 is 15.6 Å². The number of esters is 1. The molecule has 5 heteroatoms. The molecule has 0 unspecified atom stereocenters. The minimum atomic E-state index is -0.540. The number of nitrogens with two attached hydrogens (primary N) is 1. The Hall–Kier alpha value is -2.82. The number of primary amides is 1. The Morgan fingerprint density at radius 2 is 1.85 bits per heavy atom. The van der Waals surface area contributed by atoms with Crippen LogP contribution in [0.2, 0.25) is 0 Å². The lowest BCUT2D eigenvalue weighted by Gasteiger charge is -2.20. The Kier molecular flexibility index (Phi) is 5.56. The van der Waals surface area contributed by atoms with E-state index in [4.69, 9.17) is 10.5 Å². The third-order valence-corrected chi connectivity index (χ3v) is 4.84. The van der Waals surface area contributed by atoms with Gasteiger partial charge in [0, 0.05) is 17.5 Å². The van der Waals surface area contributed by atoms with Crippen LogP contribution in [0.1, 0.15) is 48.9 Å². The highest BCUT2D eigenvalue weighted by molar-refractivity contribution is 5.94. The van der Waals surface area contributed by atoms with Gasteiger partial charge in [-0.05, 0) is 54.7 Å². The minimum Gasteiger partial charge on any atom is -0.507 e. The highest BCUT2D eigenvalue weighted by atomic mass is 16.5. The van der Waals surface area contributed by atoms with Gasteiger partial charge in [0.1, 0.15) is 11.5 Å². The summed E-state index contributed by atoms with van der Waals surface area (Å²) in [7, 11) is 0. The monoisotopic (exact) mass is 353 g/mol. The molecule has 1 amide bonds. The van der Waals surface area contributed by atoms with E-state index >= 15 is 0 Å². The molecule has 0 spiro atoms. The van der Waals surface area contributed by atoms with Crippen LogP contribution in [0.3, 0.4) is 0 Å². The van der Waals surface area contributed by atoms with E-state index in [1.165, 1.54) is 25.3 Å². The first-order valence-corrected chi connectivity index (χ1v) is 8.97. The molecule has 2 aromatic rings. The molecule has 0 bridgehead atoms. The van der Waals surface area contributed by atoms with Crippen molar-refractivity contribution >= 4 is 11.9 Å². The number of hydrogen-bond donors (Lipinski definition) is 2. The van der Waals surface area contributed by atoms with Crippen molar-refractivity contribution in [1.82, 2.24) is 0 Å². The lowest BCUT2D eigenvalue weighted by molar-refractivity contribution is -0.135. The maximum absolute atomic E-state index is 12.2. The molecule has 0 aliphatic heterocycles. The van der Waals surface area contributed by atoms with Crippen molar-refractivity contribution in [2.24, 2.45) is 11.7 Å². The van der Waals surface area contributed by atoms with Gasteiger partial charge in [-0.15, -0.1) is 0 Å². The molecule has 136 valence electrons.